The van der Waals surface area contributed by atoms with Crippen molar-refractivity contribution in [2.45, 2.75) is 32.9 Å². The van der Waals surface area contributed by atoms with E-state index in [1.54, 1.807) is 6.20 Å². The number of carbonyl (C=O) groups excluding carboxylic acids is 1. The molecule has 2 aliphatic rings. The molecular weight excluding hydrogens is 310 g/mol. The Balaban J connectivity index is 1.45. The third-order valence-electron chi connectivity index (χ3n) is 4.51. The van der Waals surface area contributed by atoms with Crippen molar-refractivity contribution < 1.29 is 14.4 Å². The first kappa shape index (κ1) is 16.9. The Bertz CT molecular complexity index is 607. The van der Waals surface area contributed by atoms with Crippen LogP contribution < -0.4 is 5.32 Å². The number of amides is 1. The number of carbonyl (C=O) groups is 1. The lowest BCUT2D eigenvalue weighted by molar-refractivity contribution is -0.131. The van der Waals surface area contributed by atoms with Crippen LogP contribution in [0.2, 0.25) is 0 Å². The lowest BCUT2D eigenvalue weighted by atomic mass is 10.1. The van der Waals surface area contributed by atoms with Crippen LogP contribution in [0.15, 0.2) is 11.4 Å². The van der Waals surface area contributed by atoms with E-state index in [1.807, 2.05) is 18.5 Å². The Labute approximate surface area is 141 Å². The van der Waals surface area contributed by atoms with E-state index < -0.39 is 6.10 Å². The molecule has 1 unspecified atom stereocenters. The van der Waals surface area contributed by atoms with Crippen molar-refractivity contribution in [3.63, 3.8) is 0 Å². The molecule has 1 aromatic heterocycles. The number of hydrogen-bond acceptors (Lipinski definition) is 6. The van der Waals surface area contributed by atoms with Gasteiger partial charge in [0.2, 0.25) is 6.10 Å². The molecule has 1 fully saturated rings. The molecule has 0 spiro atoms. The van der Waals surface area contributed by atoms with E-state index in [0.717, 1.165) is 56.4 Å². The van der Waals surface area contributed by atoms with E-state index in [1.165, 1.54) is 0 Å². The average molecular weight is 335 g/mol. The topological polar surface area (TPSA) is 81.0 Å². The molecule has 3 rings (SSSR count). The predicted octanol–water partition coefficient (Wildman–Crippen LogP) is 0.153. The number of nitrogens with zero attached hydrogens (tertiary/aromatic N) is 4. The van der Waals surface area contributed by atoms with Crippen LogP contribution in [0, 0.1) is 6.92 Å². The molecule has 0 bridgehead atoms. The maximum atomic E-state index is 12.2. The zero-order valence-corrected chi connectivity index (χ0v) is 14.3. The molecule has 8 nitrogen and oxygen atoms in total. The minimum atomic E-state index is -0.547. The molecule has 3 heterocycles. The van der Waals surface area contributed by atoms with Gasteiger partial charge in [-0.15, -0.1) is 0 Å². The Morgan fingerprint density at radius 2 is 2.21 bits per heavy atom. The molecule has 132 valence electrons. The minimum absolute atomic E-state index is 0.109. The van der Waals surface area contributed by atoms with Gasteiger partial charge in [0.1, 0.15) is 0 Å². The molecule has 0 radical (unpaired) electrons. The summed E-state index contributed by atoms with van der Waals surface area (Å²) in [6, 6.07) is 0. The molecule has 0 aliphatic carbocycles. The lowest BCUT2D eigenvalue weighted by Gasteiger charge is -2.26. The summed E-state index contributed by atoms with van der Waals surface area (Å²) >= 11 is 0. The van der Waals surface area contributed by atoms with Gasteiger partial charge in [0.25, 0.3) is 5.91 Å². The molecule has 1 aromatic rings. The van der Waals surface area contributed by atoms with Crippen LogP contribution in [0.4, 0.5) is 0 Å². The van der Waals surface area contributed by atoms with Gasteiger partial charge in [-0.3, -0.25) is 14.4 Å². The van der Waals surface area contributed by atoms with E-state index in [-0.39, 0.29) is 5.91 Å². The Morgan fingerprint density at radius 3 is 2.92 bits per heavy atom. The Morgan fingerprint density at radius 1 is 1.42 bits per heavy atom. The average Bonchev–Trinajstić information content (AvgIpc) is 3.22. The molecule has 0 aromatic carbocycles. The van der Waals surface area contributed by atoms with E-state index in [9.17, 15) is 4.79 Å². The van der Waals surface area contributed by atoms with Gasteiger partial charge in [0.15, 0.2) is 0 Å². The number of aromatic nitrogens is 2. The van der Waals surface area contributed by atoms with Crippen molar-refractivity contribution in [1.29, 1.82) is 0 Å². The lowest BCUT2D eigenvalue weighted by Crippen LogP contribution is -2.43. The quantitative estimate of drug-likeness (QED) is 0.800. The summed E-state index contributed by atoms with van der Waals surface area (Å²) in [5.41, 5.74) is 2.80. The number of nitrogens with one attached hydrogen (secondary N) is 1. The van der Waals surface area contributed by atoms with Crippen molar-refractivity contribution in [2.24, 2.45) is 5.16 Å². The molecule has 1 N–H and O–H groups in total. The minimum Gasteiger partial charge on any atom is -0.382 e. The molecule has 1 amide bonds. The first-order valence-corrected chi connectivity index (χ1v) is 8.52. The van der Waals surface area contributed by atoms with Crippen molar-refractivity contribution in [3.8, 4) is 0 Å². The van der Waals surface area contributed by atoms with E-state index >= 15 is 0 Å². The number of oxime groups is 1. The second-order valence-corrected chi connectivity index (χ2v) is 6.04. The molecule has 24 heavy (non-hydrogen) atoms. The Kier molecular flexibility index (Phi) is 5.47. The van der Waals surface area contributed by atoms with Crippen LogP contribution in [0.25, 0.3) is 0 Å². The van der Waals surface area contributed by atoms with Gasteiger partial charge in [-0.2, -0.15) is 5.10 Å². The summed E-state index contributed by atoms with van der Waals surface area (Å²) in [6.45, 7) is 9.67. The fraction of sp³-hybridized carbons (Fsp3) is 0.688. The first-order chi connectivity index (χ1) is 11.7. The van der Waals surface area contributed by atoms with Gasteiger partial charge in [-0.1, -0.05) is 5.16 Å². The summed E-state index contributed by atoms with van der Waals surface area (Å²) in [7, 11) is 0. The summed E-state index contributed by atoms with van der Waals surface area (Å²) in [4.78, 5) is 19.8. The normalized spacial score (nSPS) is 21.4. The molecule has 8 heteroatoms. The van der Waals surface area contributed by atoms with E-state index in [0.29, 0.717) is 13.0 Å². The van der Waals surface area contributed by atoms with Gasteiger partial charge in [-0.25, -0.2) is 0 Å². The van der Waals surface area contributed by atoms with Crippen LogP contribution in [0.5, 0.6) is 0 Å². The summed E-state index contributed by atoms with van der Waals surface area (Å²) in [5.74, 6) is -0.109. The van der Waals surface area contributed by atoms with E-state index in [4.69, 9.17) is 9.57 Å². The van der Waals surface area contributed by atoms with Crippen molar-refractivity contribution in [3.05, 3.63) is 17.5 Å². The fourth-order valence-electron chi connectivity index (χ4n) is 3.00. The maximum Gasteiger partial charge on any atom is 0.264 e. The smallest absolute Gasteiger partial charge is 0.264 e. The SMILES string of the molecule is CCn1ncc(C2=NOC(C(=O)NCCN3CCOCC3)C2)c1C. The van der Waals surface area contributed by atoms with Gasteiger partial charge in [-0.05, 0) is 13.8 Å². The summed E-state index contributed by atoms with van der Waals surface area (Å²) < 4.78 is 7.22. The van der Waals surface area contributed by atoms with Crippen LogP contribution in [0.3, 0.4) is 0 Å². The monoisotopic (exact) mass is 335 g/mol. The van der Waals surface area contributed by atoms with Gasteiger partial charge in [0, 0.05) is 50.4 Å². The number of ether oxygens (including phenoxy) is 1. The van der Waals surface area contributed by atoms with Crippen LogP contribution in [-0.2, 0) is 20.9 Å². The highest BCUT2D eigenvalue weighted by atomic mass is 16.6. The summed E-state index contributed by atoms with van der Waals surface area (Å²) in [6.07, 6.45) is 1.73. The highest BCUT2D eigenvalue weighted by Crippen LogP contribution is 2.19. The second-order valence-electron chi connectivity index (χ2n) is 6.04. The molecule has 1 atom stereocenters. The first-order valence-electron chi connectivity index (χ1n) is 8.52. The third-order valence-corrected chi connectivity index (χ3v) is 4.51. The van der Waals surface area contributed by atoms with Crippen LogP contribution in [-0.4, -0.2) is 71.8 Å². The molecule has 1 saturated heterocycles. The predicted molar refractivity (Wildman–Crippen MR) is 88.9 cm³/mol. The number of hydrogen-bond donors (Lipinski definition) is 1. The number of aryl methyl sites for hydroxylation is 1. The zero-order chi connectivity index (χ0) is 16.9. The molecule has 0 saturated carbocycles. The number of morpholine rings is 1. The van der Waals surface area contributed by atoms with Crippen molar-refractivity contribution in [2.75, 3.05) is 39.4 Å². The number of rotatable bonds is 6. The van der Waals surface area contributed by atoms with Crippen molar-refractivity contribution >= 4 is 11.6 Å². The van der Waals surface area contributed by atoms with Crippen molar-refractivity contribution in [1.82, 2.24) is 20.0 Å². The van der Waals surface area contributed by atoms with E-state index in [2.05, 4.69) is 20.5 Å². The van der Waals surface area contributed by atoms with Gasteiger partial charge >= 0.3 is 0 Å². The molecular formula is C16H25N5O3. The maximum absolute atomic E-state index is 12.2. The van der Waals surface area contributed by atoms with Crippen LogP contribution >= 0.6 is 0 Å². The third kappa shape index (κ3) is 3.76. The zero-order valence-electron chi connectivity index (χ0n) is 14.3. The second kappa shape index (κ2) is 7.76. The fourth-order valence-corrected chi connectivity index (χ4v) is 3.00. The largest absolute Gasteiger partial charge is 0.382 e. The van der Waals surface area contributed by atoms with Gasteiger partial charge < -0.3 is 14.9 Å². The highest BCUT2D eigenvalue weighted by molar-refractivity contribution is 6.04. The highest BCUT2D eigenvalue weighted by Gasteiger charge is 2.30. The molecule has 2 aliphatic heterocycles. The Hall–Kier alpha value is -1.93. The standard InChI is InChI=1S/C16H25N5O3/c1-3-21-12(2)13(11-18-21)14-10-15(24-19-14)16(22)17-4-5-20-6-8-23-9-7-20/h11,15H,3-10H2,1-2H3,(H,17,22). The van der Waals surface area contributed by atoms with Crippen LogP contribution in [0.1, 0.15) is 24.6 Å². The summed E-state index contributed by atoms with van der Waals surface area (Å²) in [5, 5.41) is 11.3. The van der Waals surface area contributed by atoms with Gasteiger partial charge in [0.05, 0.1) is 25.1 Å².